The van der Waals surface area contributed by atoms with E-state index >= 15 is 0 Å². The predicted molar refractivity (Wildman–Crippen MR) is 64.4 cm³/mol. The van der Waals surface area contributed by atoms with Crippen molar-refractivity contribution >= 4 is 0 Å². The summed E-state index contributed by atoms with van der Waals surface area (Å²) in [7, 11) is 1.74. The molecular formula is C13H12F3N3. The van der Waals surface area contributed by atoms with Gasteiger partial charge in [0.25, 0.3) is 0 Å². The van der Waals surface area contributed by atoms with Crippen LogP contribution in [0.25, 0.3) is 0 Å². The third kappa shape index (κ3) is 3.08. The molecule has 0 saturated heterocycles. The van der Waals surface area contributed by atoms with Crippen LogP contribution in [0.1, 0.15) is 22.7 Å². The van der Waals surface area contributed by atoms with Crippen LogP contribution < -0.4 is 5.32 Å². The highest BCUT2D eigenvalue weighted by Crippen LogP contribution is 2.30. The van der Waals surface area contributed by atoms with Crippen LogP contribution in [0.3, 0.4) is 0 Å². The van der Waals surface area contributed by atoms with Gasteiger partial charge in [0.05, 0.1) is 17.8 Å². The molecule has 1 N–H and O–H groups in total. The van der Waals surface area contributed by atoms with Crippen molar-refractivity contribution in [2.45, 2.75) is 12.2 Å². The van der Waals surface area contributed by atoms with Crippen LogP contribution in [0, 0.1) is 0 Å². The summed E-state index contributed by atoms with van der Waals surface area (Å²) in [6.07, 6.45) is -1.19. The Morgan fingerprint density at radius 1 is 1.00 bits per heavy atom. The first-order valence-electron chi connectivity index (χ1n) is 5.63. The molecule has 2 rings (SSSR count). The zero-order valence-electron chi connectivity index (χ0n) is 10.1. The van der Waals surface area contributed by atoms with Gasteiger partial charge in [-0.05, 0) is 36.4 Å². The number of hydrogen-bond acceptors (Lipinski definition) is 3. The first-order valence-corrected chi connectivity index (χ1v) is 5.63. The molecule has 0 saturated carbocycles. The van der Waals surface area contributed by atoms with Gasteiger partial charge in [-0.3, -0.25) is 0 Å². The van der Waals surface area contributed by atoms with Crippen molar-refractivity contribution in [3.63, 3.8) is 0 Å². The topological polar surface area (TPSA) is 37.8 Å². The Hall–Kier alpha value is -1.95. The normalized spacial score (nSPS) is 13.3. The predicted octanol–water partition coefficient (Wildman–Crippen LogP) is 2.80. The van der Waals surface area contributed by atoms with Gasteiger partial charge in [-0.25, -0.2) is 0 Å². The number of halogens is 3. The standard InChI is InChI=1S/C13H12F3N3/c1-17-12(10-6-7-18-19-8-10)9-2-4-11(5-3-9)13(14,15)16/h2-8,12,17H,1H3. The second kappa shape index (κ2) is 5.36. The molecule has 0 aliphatic heterocycles. The largest absolute Gasteiger partial charge is 0.416 e. The second-order valence-corrected chi connectivity index (χ2v) is 4.02. The first kappa shape index (κ1) is 13.5. The molecule has 1 atom stereocenters. The monoisotopic (exact) mass is 267 g/mol. The van der Waals surface area contributed by atoms with Gasteiger partial charge >= 0.3 is 6.18 Å². The summed E-state index contributed by atoms with van der Waals surface area (Å²) in [6, 6.07) is 6.64. The van der Waals surface area contributed by atoms with Crippen molar-refractivity contribution < 1.29 is 13.2 Å². The highest BCUT2D eigenvalue weighted by Gasteiger charge is 2.30. The molecule has 1 aromatic heterocycles. The van der Waals surface area contributed by atoms with Crippen LogP contribution >= 0.6 is 0 Å². The maximum atomic E-state index is 12.5. The highest BCUT2D eigenvalue weighted by molar-refractivity contribution is 5.32. The van der Waals surface area contributed by atoms with E-state index in [4.69, 9.17) is 0 Å². The van der Waals surface area contributed by atoms with Crippen LogP contribution in [0.15, 0.2) is 42.7 Å². The zero-order valence-corrected chi connectivity index (χ0v) is 10.1. The summed E-state index contributed by atoms with van der Waals surface area (Å²) < 4.78 is 37.5. The van der Waals surface area contributed by atoms with Crippen molar-refractivity contribution in [3.05, 3.63) is 59.4 Å². The fourth-order valence-electron chi connectivity index (χ4n) is 1.86. The molecule has 3 nitrogen and oxygen atoms in total. The molecule has 0 aliphatic rings. The SMILES string of the molecule is CNC(c1ccc(C(F)(F)F)cc1)c1ccnnc1. The van der Waals surface area contributed by atoms with E-state index in [1.807, 2.05) is 0 Å². The number of alkyl halides is 3. The van der Waals surface area contributed by atoms with Gasteiger partial charge < -0.3 is 5.32 Å². The molecule has 6 heteroatoms. The van der Waals surface area contributed by atoms with Crippen molar-refractivity contribution in [1.82, 2.24) is 15.5 Å². The molecule has 0 spiro atoms. The van der Waals surface area contributed by atoms with E-state index in [2.05, 4.69) is 15.5 Å². The molecule has 0 radical (unpaired) electrons. The summed E-state index contributed by atoms with van der Waals surface area (Å²) >= 11 is 0. The smallest absolute Gasteiger partial charge is 0.309 e. The van der Waals surface area contributed by atoms with E-state index in [1.54, 1.807) is 25.5 Å². The Labute approximate surface area is 108 Å². The maximum absolute atomic E-state index is 12.5. The fourth-order valence-corrected chi connectivity index (χ4v) is 1.86. The second-order valence-electron chi connectivity index (χ2n) is 4.02. The average Bonchev–Trinajstić information content (AvgIpc) is 2.40. The minimum atomic E-state index is -4.31. The number of nitrogens with one attached hydrogen (secondary N) is 1. The van der Waals surface area contributed by atoms with Gasteiger partial charge in [0, 0.05) is 6.20 Å². The number of hydrogen-bond donors (Lipinski definition) is 1. The van der Waals surface area contributed by atoms with E-state index in [1.165, 1.54) is 12.1 Å². The molecule has 1 heterocycles. The quantitative estimate of drug-likeness (QED) is 0.929. The van der Waals surface area contributed by atoms with Crippen molar-refractivity contribution in [2.24, 2.45) is 0 Å². The maximum Gasteiger partial charge on any atom is 0.416 e. The minimum Gasteiger partial charge on any atom is -0.309 e. The minimum absolute atomic E-state index is 0.210. The molecule has 0 aliphatic carbocycles. The Bertz CT molecular complexity index is 523. The molecule has 0 fully saturated rings. The Balaban J connectivity index is 2.30. The highest BCUT2D eigenvalue weighted by atomic mass is 19.4. The summed E-state index contributed by atoms with van der Waals surface area (Å²) in [5, 5.41) is 10.5. The van der Waals surface area contributed by atoms with Crippen LogP contribution in [-0.2, 0) is 6.18 Å². The van der Waals surface area contributed by atoms with Gasteiger partial charge in [0.2, 0.25) is 0 Å². The summed E-state index contributed by atoms with van der Waals surface area (Å²) in [5.74, 6) is 0. The van der Waals surface area contributed by atoms with Gasteiger partial charge in [-0.1, -0.05) is 12.1 Å². The number of aromatic nitrogens is 2. The Morgan fingerprint density at radius 3 is 2.16 bits per heavy atom. The van der Waals surface area contributed by atoms with E-state index in [0.717, 1.165) is 23.3 Å². The third-order valence-electron chi connectivity index (χ3n) is 2.80. The van der Waals surface area contributed by atoms with E-state index in [-0.39, 0.29) is 6.04 Å². The molecule has 19 heavy (non-hydrogen) atoms. The lowest BCUT2D eigenvalue weighted by molar-refractivity contribution is -0.137. The molecule has 1 aromatic carbocycles. The van der Waals surface area contributed by atoms with Crippen LogP contribution in [0.2, 0.25) is 0 Å². The van der Waals surface area contributed by atoms with Crippen molar-refractivity contribution in [3.8, 4) is 0 Å². The lowest BCUT2D eigenvalue weighted by Crippen LogP contribution is -2.18. The summed E-state index contributed by atoms with van der Waals surface area (Å²) in [5.41, 5.74) is 0.930. The summed E-state index contributed by atoms with van der Waals surface area (Å²) in [4.78, 5) is 0. The van der Waals surface area contributed by atoms with E-state index in [0.29, 0.717) is 0 Å². The van der Waals surface area contributed by atoms with Crippen LogP contribution in [-0.4, -0.2) is 17.2 Å². The number of benzene rings is 1. The van der Waals surface area contributed by atoms with Gasteiger partial charge in [-0.2, -0.15) is 23.4 Å². The Kier molecular flexibility index (Phi) is 3.80. The van der Waals surface area contributed by atoms with Gasteiger partial charge in [0.15, 0.2) is 0 Å². The molecule has 1 unspecified atom stereocenters. The first-order chi connectivity index (χ1) is 9.02. The lowest BCUT2D eigenvalue weighted by Gasteiger charge is -2.17. The van der Waals surface area contributed by atoms with Crippen LogP contribution in [0.4, 0.5) is 13.2 Å². The Morgan fingerprint density at radius 2 is 1.68 bits per heavy atom. The number of rotatable bonds is 3. The van der Waals surface area contributed by atoms with Crippen molar-refractivity contribution in [1.29, 1.82) is 0 Å². The van der Waals surface area contributed by atoms with Crippen LogP contribution in [0.5, 0.6) is 0 Å². The van der Waals surface area contributed by atoms with Crippen molar-refractivity contribution in [2.75, 3.05) is 7.05 Å². The van der Waals surface area contributed by atoms with E-state index in [9.17, 15) is 13.2 Å². The van der Waals surface area contributed by atoms with E-state index < -0.39 is 11.7 Å². The number of nitrogens with zero attached hydrogens (tertiary/aromatic N) is 2. The third-order valence-corrected chi connectivity index (χ3v) is 2.80. The van der Waals surface area contributed by atoms with Gasteiger partial charge in [-0.15, -0.1) is 0 Å². The molecule has 0 amide bonds. The lowest BCUT2D eigenvalue weighted by atomic mass is 9.99. The summed E-state index contributed by atoms with van der Waals surface area (Å²) in [6.45, 7) is 0. The fraction of sp³-hybridized carbons (Fsp3) is 0.231. The molecule has 2 aromatic rings. The average molecular weight is 267 g/mol. The molecule has 100 valence electrons. The zero-order chi connectivity index (χ0) is 13.9. The molecule has 0 bridgehead atoms. The molecular weight excluding hydrogens is 255 g/mol. The van der Waals surface area contributed by atoms with Gasteiger partial charge in [0.1, 0.15) is 0 Å².